The summed E-state index contributed by atoms with van der Waals surface area (Å²) in [5.74, 6) is 0.274. The maximum Gasteiger partial charge on any atom is 0.409 e. The van der Waals surface area contributed by atoms with Gasteiger partial charge in [-0.05, 0) is 35.4 Å². The summed E-state index contributed by atoms with van der Waals surface area (Å²) in [5, 5.41) is 13.0. The van der Waals surface area contributed by atoms with Crippen LogP contribution in [-0.2, 0) is 4.74 Å². The van der Waals surface area contributed by atoms with Crippen molar-refractivity contribution in [2.75, 3.05) is 19.7 Å². The van der Waals surface area contributed by atoms with Crippen LogP contribution in [0.5, 0.6) is 0 Å². The van der Waals surface area contributed by atoms with Crippen LogP contribution >= 0.6 is 23.2 Å². The fraction of sp³-hybridized carbons (Fsp3) is 0.300. The number of tetrazole rings is 1. The van der Waals surface area contributed by atoms with Crippen LogP contribution in [0.4, 0.5) is 4.79 Å². The number of hydrogen-bond acceptors (Lipinski definition) is 5. The number of likely N-dealkylation sites (tertiary alicyclic amines) is 1. The third-order valence-electron chi connectivity index (χ3n) is 5.06. The van der Waals surface area contributed by atoms with Gasteiger partial charge in [0, 0.05) is 34.6 Å². The van der Waals surface area contributed by atoms with E-state index in [4.69, 9.17) is 27.9 Å². The molecule has 150 valence electrons. The molecule has 0 saturated carbocycles. The van der Waals surface area contributed by atoms with Crippen molar-refractivity contribution in [1.29, 1.82) is 0 Å². The van der Waals surface area contributed by atoms with Crippen LogP contribution in [-0.4, -0.2) is 50.9 Å². The fourth-order valence-corrected chi connectivity index (χ4v) is 3.91. The van der Waals surface area contributed by atoms with Gasteiger partial charge in [0.2, 0.25) is 0 Å². The van der Waals surface area contributed by atoms with Crippen LogP contribution < -0.4 is 0 Å². The van der Waals surface area contributed by atoms with Crippen LogP contribution in [0.15, 0.2) is 54.9 Å². The van der Waals surface area contributed by atoms with Gasteiger partial charge in [-0.2, -0.15) is 4.80 Å². The van der Waals surface area contributed by atoms with Gasteiger partial charge in [0.05, 0.1) is 0 Å². The molecule has 7 nitrogen and oxygen atoms in total. The number of benzene rings is 2. The lowest BCUT2D eigenvalue weighted by molar-refractivity contribution is 0.0969. The molecule has 2 atom stereocenters. The molecule has 1 saturated heterocycles. The molecule has 0 aliphatic carbocycles. The molecule has 1 amide bonds. The van der Waals surface area contributed by atoms with E-state index in [1.807, 2.05) is 42.5 Å². The van der Waals surface area contributed by atoms with E-state index in [0.29, 0.717) is 23.1 Å². The molecule has 0 N–H and O–H groups in total. The van der Waals surface area contributed by atoms with Crippen LogP contribution in [0.2, 0.25) is 10.0 Å². The maximum absolute atomic E-state index is 12.7. The summed E-state index contributed by atoms with van der Waals surface area (Å²) in [6.07, 6.45) is 1.86. The van der Waals surface area contributed by atoms with Gasteiger partial charge in [-0.15, -0.1) is 10.2 Å². The Morgan fingerprint density at radius 3 is 2.69 bits per heavy atom. The largest absolute Gasteiger partial charge is 0.447 e. The normalized spacial score (nSPS) is 17.3. The highest BCUT2D eigenvalue weighted by Gasteiger charge is 2.29. The zero-order chi connectivity index (χ0) is 20.2. The molecule has 1 aromatic heterocycles. The lowest BCUT2D eigenvalue weighted by Gasteiger charge is -2.21. The lowest BCUT2D eigenvalue weighted by atomic mass is 9.99. The first-order valence-electron chi connectivity index (χ1n) is 9.26. The highest BCUT2D eigenvalue weighted by Crippen LogP contribution is 2.29. The van der Waals surface area contributed by atoms with Crippen molar-refractivity contribution in [3.8, 4) is 0 Å². The van der Waals surface area contributed by atoms with Gasteiger partial charge in [0.1, 0.15) is 12.6 Å². The Balaban J connectivity index is 1.41. The molecular formula is C20H19Cl2N5O2. The van der Waals surface area contributed by atoms with Crippen molar-refractivity contribution in [3.63, 3.8) is 0 Å². The van der Waals surface area contributed by atoms with Crippen LogP contribution in [0.3, 0.4) is 0 Å². The van der Waals surface area contributed by atoms with E-state index in [2.05, 4.69) is 15.4 Å². The van der Waals surface area contributed by atoms with Gasteiger partial charge in [0.25, 0.3) is 0 Å². The molecule has 0 bridgehead atoms. The molecule has 1 aliphatic rings. The molecule has 1 aliphatic heterocycles. The smallest absolute Gasteiger partial charge is 0.409 e. The number of rotatable bonds is 5. The van der Waals surface area contributed by atoms with Crippen LogP contribution in [0.25, 0.3) is 0 Å². The van der Waals surface area contributed by atoms with Crippen molar-refractivity contribution in [2.24, 2.45) is 0 Å². The fourth-order valence-electron chi connectivity index (χ4n) is 3.52. The Kier molecular flexibility index (Phi) is 5.97. The maximum atomic E-state index is 12.7. The van der Waals surface area contributed by atoms with Gasteiger partial charge in [-0.1, -0.05) is 53.5 Å². The highest BCUT2D eigenvalue weighted by atomic mass is 35.5. The van der Waals surface area contributed by atoms with Crippen molar-refractivity contribution >= 4 is 29.3 Å². The van der Waals surface area contributed by atoms with Gasteiger partial charge < -0.3 is 9.64 Å². The lowest BCUT2D eigenvalue weighted by Crippen LogP contribution is -2.31. The highest BCUT2D eigenvalue weighted by molar-refractivity contribution is 6.31. The van der Waals surface area contributed by atoms with Gasteiger partial charge in [-0.3, -0.25) is 0 Å². The number of carbonyl (C=O) groups excluding carboxylic acids is 1. The summed E-state index contributed by atoms with van der Waals surface area (Å²) < 4.78 is 5.60. The van der Waals surface area contributed by atoms with Gasteiger partial charge >= 0.3 is 6.09 Å². The van der Waals surface area contributed by atoms with Crippen LogP contribution in [0.1, 0.15) is 29.5 Å². The average molecular weight is 432 g/mol. The number of aromatic nitrogens is 4. The van der Waals surface area contributed by atoms with E-state index in [1.165, 1.54) is 16.7 Å². The minimum Gasteiger partial charge on any atom is -0.447 e. The number of hydrogen-bond donors (Lipinski definition) is 0. The molecule has 0 spiro atoms. The average Bonchev–Trinajstić information content (AvgIpc) is 3.42. The molecule has 29 heavy (non-hydrogen) atoms. The first-order chi connectivity index (χ1) is 14.1. The van der Waals surface area contributed by atoms with E-state index in [-0.39, 0.29) is 18.6 Å². The van der Waals surface area contributed by atoms with E-state index < -0.39 is 6.04 Å². The topological polar surface area (TPSA) is 73.1 Å². The summed E-state index contributed by atoms with van der Waals surface area (Å²) >= 11 is 12.3. The van der Waals surface area contributed by atoms with Gasteiger partial charge in [0.15, 0.2) is 6.33 Å². The van der Waals surface area contributed by atoms with E-state index in [1.54, 1.807) is 11.0 Å². The predicted molar refractivity (Wildman–Crippen MR) is 109 cm³/mol. The summed E-state index contributed by atoms with van der Waals surface area (Å²) in [7, 11) is 0. The molecule has 1 fully saturated rings. The summed E-state index contributed by atoms with van der Waals surface area (Å²) in [5.41, 5.74) is 1.94. The van der Waals surface area contributed by atoms with Crippen molar-refractivity contribution < 1.29 is 9.53 Å². The number of ether oxygens (including phenoxy) is 1. The van der Waals surface area contributed by atoms with E-state index in [9.17, 15) is 4.79 Å². The number of amides is 1. The molecule has 2 unspecified atom stereocenters. The molecule has 2 heterocycles. The quantitative estimate of drug-likeness (QED) is 0.605. The Hall–Kier alpha value is -2.64. The second kappa shape index (κ2) is 8.80. The first-order valence-corrected chi connectivity index (χ1v) is 10.0. The third-order valence-corrected chi connectivity index (χ3v) is 5.66. The molecule has 4 rings (SSSR count). The minimum absolute atomic E-state index is 0.0566. The molecular weight excluding hydrogens is 413 g/mol. The Morgan fingerprint density at radius 2 is 1.97 bits per heavy atom. The zero-order valence-corrected chi connectivity index (χ0v) is 17.0. The summed E-state index contributed by atoms with van der Waals surface area (Å²) in [6.45, 7) is 1.31. The third kappa shape index (κ3) is 4.52. The number of carbonyl (C=O) groups is 1. The van der Waals surface area contributed by atoms with Crippen molar-refractivity contribution in [1.82, 2.24) is 25.1 Å². The van der Waals surface area contributed by atoms with Gasteiger partial charge in [-0.25, -0.2) is 4.79 Å². The van der Waals surface area contributed by atoms with Crippen LogP contribution in [0, 0.1) is 0 Å². The standard InChI is InChI=1S/C20H19Cl2N5O2/c21-16-7-5-14(6-8-16)15-9-10-26(11-15)20(28)29-12-19(27-24-13-23-25-27)17-3-1-2-4-18(17)22/h1-8,13,15,19H,9-12H2. The molecule has 9 heteroatoms. The second-order valence-electron chi connectivity index (χ2n) is 6.85. The SMILES string of the molecule is O=C(OCC(c1ccccc1Cl)n1ncnn1)N1CCC(c2ccc(Cl)cc2)C1. The van der Waals surface area contributed by atoms with Crippen molar-refractivity contribution in [3.05, 3.63) is 76.0 Å². The predicted octanol–water partition coefficient (Wildman–Crippen LogP) is 4.20. The Bertz CT molecular complexity index is 965. The first kappa shape index (κ1) is 19.7. The molecule has 3 aromatic rings. The zero-order valence-electron chi connectivity index (χ0n) is 15.5. The number of nitrogens with zero attached hydrogens (tertiary/aromatic N) is 5. The van der Waals surface area contributed by atoms with E-state index >= 15 is 0 Å². The molecule has 0 radical (unpaired) electrons. The number of halogens is 2. The Labute approximate surface area is 178 Å². The summed E-state index contributed by atoms with van der Waals surface area (Å²) in [4.78, 5) is 15.8. The second-order valence-corrected chi connectivity index (χ2v) is 7.70. The van der Waals surface area contributed by atoms with E-state index in [0.717, 1.165) is 12.0 Å². The minimum atomic E-state index is -0.454. The van der Waals surface area contributed by atoms with Crippen molar-refractivity contribution in [2.45, 2.75) is 18.4 Å². The Morgan fingerprint density at radius 1 is 1.17 bits per heavy atom. The molecule has 2 aromatic carbocycles. The monoisotopic (exact) mass is 431 g/mol. The summed E-state index contributed by atoms with van der Waals surface area (Å²) in [6, 6.07) is 14.6.